The lowest BCUT2D eigenvalue weighted by Gasteiger charge is -2.42. The molecule has 0 unspecified atom stereocenters. The molecule has 2 fully saturated rings. The minimum absolute atomic E-state index is 0.0221. The van der Waals surface area contributed by atoms with Crippen LogP contribution >= 0.6 is 0 Å². The molecule has 2 aliphatic rings. The average Bonchev–Trinajstić information content (AvgIpc) is 2.80. The number of likely N-dealkylation sites (tertiary alicyclic amines) is 1. The van der Waals surface area contributed by atoms with E-state index in [1.807, 2.05) is 0 Å². The van der Waals surface area contributed by atoms with Crippen LogP contribution in [-0.2, 0) is 19.7 Å². The molecule has 0 saturated carbocycles. The minimum atomic E-state index is -0.930. The Balaban J connectivity index is 1.78. The molecule has 0 aromatic carbocycles. The third-order valence-electron chi connectivity index (χ3n) is 6.98. The number of hydrogen-bond acceptors (Lipinski definition) is 8. The third-order valence-corrected chi connectivity index (χ3v) is 6.98. The summed E-state index contributed by atoms with van der Waals surface area (Å²) >= 11 is 0. The lowest BCUT2D eigenvalue weighted by atomic mass is 9.72. The predicted molar refractivity (Wildman–Crippen MR) is 134 cm³/mol. The highest BCUT2D eigenvalue weighted by Gasteiger charge is 2.44. The summed E-state index contributed by atoms with van der Waals surface area (Å²) in [5.74, 6) is -0.215. The van der Waals surface area contributed by atoms with Crippen molar-refractivity contribution < 1.29 is 28.6 Å². The molecule has 1 aromatic rings. The fraction of sp³-hybridized carbons (Fsp3) is 0.731. The molecule has 2 amide bonds. The van der Waals surface area contributed by atoms with Gasteiger partial charge in [-0.2, -0.15) is 0 Å². The van der Waals surface area contributed by atoms with Crippen molar-refractivity contribution in [1.82, 2.24) is 15.1 Å². The van der Waals surface area contributed by atoms with Crippen LogP contribution in [0.4, 0.5) is 4.79 Å². The fourth-order valence-electron chi connectivity index (χ4n) is 4.86. The molecule has 2 N–H and O–H groups in total. The second kappa shape index (κ2) is 10.8. The second-order valence-corrected chi connectivity index (χ2v) is 11.5. The van der Waals surface area contributed by atoms with E-state index in [4.69, 9.17) is 13.9 Å². The Bertz CT molecular complexity index is 998. The zero-order valence-corrected chi connectivity index (χ0v) is 22.4. The molecule has 0 spiro atoms. The van der Waals surface area contributed by atoms with Crippen LogP contribution < -0.4 is 10.7 Å². The van der Waals surface area contributed by atoms with Crippen LogP contribution in [0.5, 0.6) is 5.75 Å². The van der Waals surface area contributed by atoms with E-state index in [0.29, 0.717) is 51.4 Å². The van der Waals surface area contributed by atoms with Crippen molar-refractivity contribution in [2.45, 2.75) is 77.4 Å². The van der Waals surface area contributed by atoms with E-state index in [0.717, 1.165) is 13.1 Å². The van der Waals surface area contributed by atoms with Crippen molar-refractivity contribution in [3.05, 3.63) is 27.8 Å². The number of piperidine rings is 1. The van der Waals surface area contributed by atoms with Gasteiger partial charge < -0.3 is 29.2 Å². The van der Waals surface area contributed by atoms with Gasteiger partial charge in [-0.1, -0.05) is 0 Å². The Labute approximate surface area is 212 Å². The van der Waals surface area contributed by atoms with Gasteiger partial charge in [0.2, 0.25) is 17.1 Å². The zero-order chi connectivity index (χ0) is 26.7. The number of nitrogens with zero attached hydrogens (tertiary/aromatic N) is 2. The lowest BCUT2D eigenvalue weighted by molar-refractivity contribution is -0.123. The van der Waals surface area contributed by atoms with E-state index in [1.54, 1.807) is 32.6 Å². The molecule has 10 heteroatoms. The first-order valence-electron chi connectivity index (χ1n) is 12.6. The summed E-state index contributed by atoms with van der Waals surface area (Å²) < 4.78 is 16.8. The molecule has 36 heavy (non-hydrogen) atoms. The number of carbonyl (C=O) groups excluding carboxylic acids is 2. The van der Waals surface area contributed by atoms with Crippen LogP contribution in [0.2, 0.25) is 0 Å². The van der Waals surface area contributed by atoms with Crippen LogP contribution in [0.3, 0.4) is 0 Å². The summed E-state index contributed by atoms with van der Waals surface area (Å²) in [6, 6.07) is 1.23. The van der Waals surface area contributed by atoms with E-state index in [9.17, 15) is 19.5 Å². The Morgan fingerprint density at radius 2 is 1.72 bits per heavy atom. The van der Waals surface area contributed by atoms with Gasteiger partial charge in [-0.15, -0.1) is 0 Å². The summed E-state index contributed by atoms with van der Waals surface area (Å²) in [6.07, 6.45) is 0.274. The lowest BCUT2D eigenvalue weighted by Crippen LogP contribution is -2.56. The first kappa shape index (κ1) is 28.0. The van der Waals surface area contributed by atoms with E-state index < -0.39 is 28.3 Å². The Kier molecular flexibility index (Phi) is 8.40. The molecular formula is C26H41N3O7. The quantitative estimate of drug-likeness (QED) is 0.603. The summed E-state index contributed by atoms with van der Waals surface area (Å²) in [4.78, 5) is 42.1. The van der Waals surface area contributed by atoms with E-state index in [1.165, 1.54) is 6.07 Å². The number of hydrogen-bond donors (Lipinski definition) is 2. The molecule has 202 valence electrons. The highest BCUT2D eigenvalue weighted by Crippen LogP contribution is 2.42. The molecule has 10 nitrogen and oxygen atoms in total. The van der Waals surface area contributed by atoms with Gasteiger partial charge in [-0.25, -0.2) is 4.79 Å². The normalized spacial score (nSPS) is 19.1. The van der Waals surface area contributed by atoms with Crippen molar-refractivity contribution in [2.75, 3.05) is 45.9 Å². The maximum atomic E-state index is 13.2. The van der Waals surface area contributed by atoms with Crippen molar-refractivity contribution in [1.29, 1.82) is 0 Å². The van der Waals surface area contributed by atoms with E-state index in [-0.39, 0.29) is 23.6 Å². The van der Waals surface area contributed by atoms with Crippen LogP contribution in [0.15, 0.2) is 15.3 Å². The number of carbonyl (C=O) groups is 2. The number of nitrogens with one attached hydrogen (secondary N) is 1. The van der Waals surface area contributed by atoms with Crippen LogP contribution in [0.25, 0.3) is 0 Å². The van der Waals surface area contributed by atoms with Gasteiger partial charge in [0.15, 0.2) is 5.76 Å². The standard InChI is InChI=1S/C26H41N3O7/c1-18-15-19(30)21(32)22(35-18)26(7-9-28(10-8-26)23(33)36-24(2,3)4)16-20(31)27-17-25(5,6)29-11-13-34-14-12-29/h15,32H,7-14,16-17H2,1-6H3,(H,27,31). The molecule has 2 saturated heterocycles. The molecule has 3 heterocycles. The van der Waals surface area contributed by atoms with Crippen molar-refractivity contribution in [2.24, 2.45) is 0 Å². The highest BCUT2D eigenvalue weighted by molar-refractivity contribution is 5.78. The van der Waals surface area contributed by atoms with Gasteiger partial charge in [0, 0.05) is 56.2 Å². The molecule has 2 aliphatic heterocycles. The van der Waals surface area contributed by atoms with Gasteiger partial charge in [-0.05, 0) is 54.4 Å². The molecule has 1 aromatic heterocycles. The summed E-state index contributed by atoms with van der Waals surface area (Å²) in [5.41, 5.74) is -2.36. The molecule has 3 rings (SSSR count). The average molecular weight is 508 g/mol. The topological polar surface area (TPSA) is 122 Å². The summed E-state index contributed by atoms with van der Waals surface area (Å²) in [5, 5.41) is 13.7. The monoisotopic (exact) mass is 507 g/mol. The number of amides is 2. The Morgan fingerprint density at radius 1 is 1.11 bits per heavy atom. The largest absolute Gasteiger partial charge is 0.502 e. The third kappa shape index (κ3) is 6.79. The van der Waals surface area contributed by atoms with Gasteiger partial charge in [0.25, 0.3) is 0 Å². The minimum Gasteiger partial charge on any atom is -0.502 e. The molecule has 0 atom stereocenters. The van der Waals surface area contributed by atoms with Gasteiger partial charge in [0.05, 0.1) is 13.2 Å². The SMILES string of the molecule is Cc1cc(=O)c(O)c(C2(CC(=O)NCC(C)(C)N3CCOCC3)CCN(C(=O)OC(C)(C)C)CC2)o1. The number of aryl methyl sites for hydroxylation is 1. The zero-order valence-electron chi connectivity index (χ0n) is 22.4. The second-order valence-electron chi connectivity index (χ2n) is 11.5. The van der Waals surface area contributed by atoms with Crippen molar-refractivity contribution in [3.63, 3.8) is 0 Å². The maximum absolute atomic E-state index is 13.2. The van der Waals surface area contributed by atoms with Gasteiger partial charge in [0.1, 0.15) is 11.4 Å². The predicted octanol–water partition coefficient (Wildman–Crippen LogP) is 2.54. The maximum Gasteiger partial charge on any atom is 0.410 e. The van der Waals surface area contributed by atoms with Crippen LogP contribution in [-0.4, -0.2) is 84.0 Å². The number of morpholine rings is 1. The Hall–Kier alpha value is -2.59. The highest BCUT2D eigenvalue weighted by atomic mass is 16.6. The molecular weight excluding hydrogens is 466 g/mol. The molecule has 0 radical (unpaired) electrons. The summed E-state index contributed by atoms with van der Waals surface area (Å²) in [7, 11) is 0. The van der Waals surface area contributed by atoms with Crippen LogP contribution in [0.1, 0.15) is 65.4 Å². The first-order chi connectivity index (χ1) is 16.7. The van der Waals surface area contributed by atoms with Crippen LogP contribution in [0, 0.1) is 6.92 Å². The number of aromatic hydroxyl groups is 1. The summed E-state index contributed by atoms with van der Waals surface area (Å²) in [6.45, 7) is 15.2. The fourth-order valence-corrected chi connectivity index (χ4v) is 4.86. The van der Waals surface area contributed by atoms with E-state index >= 15 is 0 Å². The smallest absolute Gasteiger partial charge is 0.410 e. The number of ether oxygens (including phenoxy) is 2. The molecule has 0 aliphatic carbocycles. The van der Waals surface area contributed by atoms with Crippen molar-refractivity contribution >= 4 is 12.0 Å². The van der Waals surface area contributed by atoms with Gasteiger partial charge >= 0.3 is 6.09 Å². The van der Waals surface area contributed by atoms with E-state index in [2.05, 4.69) is 24.1 Å². The Morgan fingerprint density at radius 3 is 2.31 bits per heavy atom. The van der Waals surface area contributed by atoms with Gasteiger partial charge in [-0.3, -0.25) is 14.5 Å². The van der Waals surface area contributed by atoms with Crippen molar-refractivity contribution in [3.8, 4) is 5.75 Å². The molecule has 0 bridgehead atoms. The first-order valence-corrected chi connectivity index (χ1v) is 12.6. The number of rotatable bonds is 6.